The van der Waals surface area contributed by atoms with Crippen LogP contribution in [-0.4, -0.2) is 33.8 Å². The smallest absolute Gasteiger partial charge is 0.247 e. The van der Waals surface area contributed by atoms with E-state index in [0.717, 1.165) is 10.9 Å². The number of carbonyl (C=O) groups excluding carboxylic acids is 3. The van der Waals surface area contributed by atoms with Crippen LogP contribution in [0.1, 0.15) is 57.8 Å². The van der Waals surface area contributed by atoms with Crippen molar-refractivity contribution in [1.82, 2.24) is 15.8 Å². The molecule has 0 aliphatic heterocycles. The van der Waals surface area contributed by atoms with E-state index in [9.17, 15) is 19.6 Å². The number of H-pyrrole nitrogens is 1. The number of para-hydroxylation sites is 1. The summed E-state index contributed by atoms with van der Waals surface area (Å²) in [6.07, 6.45) is 3.88. The van der Waals surface area contributed by atoms with E-state index < -0.39 is 29.2 Å². The molecule has 0 radical (unpaired) electrons. The molecule has 2 aromatic rings. The van der Waals surface area contributed by atoms with Crippen molar-refractivity contribution in [2.24, 2.45) is 23.2 Å². The zero-order valence-electron chi connectivity index (χ0n) is 19.6. The SMILES string of the molecule is C=CC[C@H](C(=O)NO)[C@@H](CC(C)C)C(=O)N[C@H](C(=O)c1c[nH]c2ccccc12)C(C)(C)C. The molecule has 0 aliphatic carbocycles. The Morgan fingerprint density at radius 2 is 1.78 bits per heavy atom. The Kier molecular flexibility index (Phi) is 8.38. The molecule has 2 rings (SSSR count). The van der Waals surface area contributed by atoms with E-state index in [2.05, 4.69) is 16.9 Å². The predicted octanol–water partition coefficient (Wildman–Crippen LogP) is 4.24. The van der Waals surface area contributed by atoms with Gasteiger partial charge < -0.3 is 10.3 Å². The van der Waals surface area contributed by atoms with Gasteiger partial charge in [0.15, 0.2) is 5.78 Å². The van der Waals surface area contributed by atoms with E-state index in [4.69, 9.17) is 0 Å². The number of nitrogens with one attached hydrogen (secondary N) is 3. The van der Waals surface area contributed by atoms with Crippen molar-refractivity contribution in [1.29, 1.82) is 0 Å². The molecule has 32 heavy (non-hydrogen) atoms. The normalized spacial score (nSPS) is 14.6. The van der Waals surface area contributed by atoms with Gasteiger partial charge in [0.1, 0.15) is 0 Å². The monoisotopic (exact) mass is 441 g/mol. The van der Waals surface area contributed by atoms with Crippen molar-refractivity contribution in [3.05, 3.63) is 48.7 Å². The molecule has 2 amide bonds. The van der Waals surface area contributed by atoms with Crippen LogP contribution >= 0.6 is 0 Å². The number of amides is 2. The molecule has 1 aromatic carbocycles. The molecule has 0 aliphatic rings. The topological polar surface area (TPSA) is 111 Å². The summed E-state index contributed by atoms with van der Waals surface area (Å²) in [7, 11) is 0. The van der Waals surface area contributed by atoms with Gasteiger partial charge in [-0.3, -0.25) is 19.6 Å². The van der Waals surface area contributed by atoms with E-state index in [1.165, 1.54) is 0 Å². The first-order valence-electron chi connectivity index (χ1n) is 11.0. The number of ketones is 1. The summed E-state index contributed by atoms with van der Waals surface area (Å²) in [5.41, 5.74) is 2.46. The molecule has 1 heterocycles. The van der Waals surface area contributed by atoms with Crippen molar-refractivity contribution in [3.63, 3.8) is 0 Å². The van der Waals surface area contributed by atoms with Crippen LogP contribution in [-0.2, 0) is 9.59 Å². The Morgan fingerprint density at radius 1 is 1.12 bits per heavy atom. The molecule has 7 nitrogen and oxygen atoms in total. The van der Waals surface area contributed by atoms with E-state index >= 15 is 0 Å². The van der Waals surface area contributed by atoms with Gasteiger partial charge in [-0.1, -0.05) is 58.9 Å². The van der Waals surface area contributed by atoms with E-state index in [0.29, 0.717) is 12.0 Å². The molecule has 3 atom stereocenters. The van der Waals surface area contributed by atoms with E-state index in [1.807, 2.05) is 58.9 Å². The maximum atomic E-state index is 13.6. The third kappa shape index (κ3) is 5.85. The summed E-state index contributed by atoms with van der Waals surface area (Å²) >= 11 is 0. The highest BCUT2D eigenvalue weighted by Crippen LogP contribution is 2.29. The molecular formula is C25H35N3O4. The number of allylic oxidation sites excluding steroid dienone is 1. The minimum Gasteiger partial charge on any atom is -0.360 e. The number of hydroxylamine groups is 1. The summed E-state index contributed by atoms with van der Waals surface area (Å²) in [4.78, 5) is 42.4. The van der Waals surface area contributed by atoms with E-state index in [1.54, 1.807) is 17.8 Å². The van der Waals surface area contributed by atoms with Crippen molar-refractivity contribution in [2.75, 3.05) is 0 Å². The number of hydrogen-bond donors (Lipinski definition) is 4. The largest absolute Gasteiger partial charge is 0.360 e. The average Bonchev–Trinajstić information content (AvgIpc) is 3.16. The van der Waals surface area contributed by atoms with Gasteiger partial charge in [0.2, 0.25) is 11.8 Å². The van der Waals surface area contributed by atoms with Gasteiger partial charge in [0.05, 0.1) is 17.9 Å². The molecule has 0 spiro atoms. The van der Waals surface area contributed by atoms with Crippen LogP contribution in [0.4, 0.5) is 0 Å². The Morgan fingerprint density at radius 3 is 2.34 bits per heavy atom. The number of aromatic nitrogens is 1. The van der Waals surface area contributed by atoms with Crippen molar-refractivity contribution < 1.29 is 19.6 Å². The number of rotatable bonds is 10. The first-order valence-corrected chi connectivity index (χ1v) is 11.0. The Hall–Kier alpha value is -2.93. The quantitative estimate of drug-likeness (QED) is 0.191. The third-order valence-corrected chi connectivity index (χ3v) is 5.68. The molecule has 0 fully saturated rings. The third-order valence-electron chi connectivity index (χ3n) is 5.68. The molecule has 174 valence electrons. The van der Waals surface area contributed by atoms with Crippen LogP contribution in [0, 0.1) is 23.2 Å². The second kappa shape index (κ2) is 10.6. The lowest BCUT2D eigenvalue weighted by Gasteiger charge is -2.33. The van der Waals surface area contributed by atoms with Gasteiger partial charge in [-0.2, -0.15) is 0 Å². The van der Waals surface area contributed by atoms with Gasteiger partial charge in [0, 0.05) is 22.7 Å². The highest BCUT2D eigenvalue weighted by atomic mass is 16.5. The van der Waals surface area contributed by atoms with Crippen molar-refractivity contribution in [3.8, 4) is 0 Å². The second-order valence-electron chi connectivity index (χ2n) is 9.76. The molecule has 7 heteroatoms. The Bertz CT molecular complexity index is 971. The molecule has 4 N–H and O–H groups in total. The molecule has 0 saturated carbocycles. The second-order valence-corrected chi connectivity index (χ2v) is 9.76. The standard InChI is InChI=1S/C25H35N3O4/c1-7-10-17(24(31)28-32)18(13-15(2)3)23(30)27-22(25(4,5)6)21(29)19-14-26-20-12-9-8-11-16(19)20/h7-9,11-12,14-15,17-18,22,26,32H,1,10,13H2,2-6H3,(H,27,30)(H,28,31)/t17-,18+,22+/m0/s1. The molecular weight excluding hydrogens is 406 g/mol. The summed E-state index contributed by atoms with van der Waals surface area (Å²) in [5, 5.41) is 12.9. The summed E-state index contributed by atoms with van der Waals surface area (Å²) in [5.74, 6) is -2.60. The molecule has 0 bridgehead atoms. The lowest BCUT2D eigenvalue weighted by atomic mass is 9.79. The summed E-state index contributed by atoms with van der Waals surface area (Å²) in [6.45, 7) is 13.3. The predicted molar refractivity (Wildman–Crippen MR) is 125 cm³/mol. The molecule has 0 unspecified atom stereocenters. The van der Waals surface area contributed by atoms with Gasteiger partial charge in [-0.15, -0.1) is 6.58 Å². The molecule has 0 saturated heterocycles. The Labute approximate surface area is 189 Å². The summed E-state index contributed by atoms with van der Waals surface area (Å²) < 4.78 is 0. The number of carbonyl (C=O) groups is 3. The van der Waals surface area contributed by atoms with Gasteiger partial charge in [0.25, 0.3) is 0 Å². The molecule has 1 aromatic heterocycles. The summed E-state index contributed by atoms with van der Waals surface area (Å²) in [6, 6.07) is 6.71. The van der Waals surface area contributed by atoms with Crippen LogP contribution < -0.4 is 10.8 Å². The number of benzene rings is 1. The number of Topliss-reactive ketones (excluding diaryl/α,β-unsaturated/α-hetero) is 1. The minimum absolute atomic E-state index is 0.127. The van der Waals surface area contributed by atoms with Crippen molar-refractivity contribution >= 4 is 28.5 Å². The fourth-order valence-electron chi connectivity index (χ4n) is 4.03. The van der Waals surface area contributed by atoms with E-state index in [-0.39, 0.29) is 24.0 Å². The number of hydrogen-bond acceptors (Lipinski definition) is 4. The average molecular weight is 442 g/mol. The minimum atomic E-state index is -0.801. The first-order chi connectivity index (χ1) is 15.0. The number of fused-ring (bicyclic) bond motifs is 1. The van der Waals surface area contributed by atoms with Crippen LogP contribution in [0.3, 0.4) is 0 Å². The van der Waals surface area contributed by atoms with Gasteiger partial charge in [-0.05, 0) is 30.2 Å². The lowest BCUT2D eigenvalue weighted by molar-refractivity contribution is -0.141. The maximum absolute atomic E-state index is 13.6. The fraction of sp³-hybridized carbons (Fsp3) is 0.480. The maximum Gasteiger partial charge on any atom is 0.247 e. The first kappa shape index (κ1) is 25.3. The Balaban J connectivity index is 2.40. The van der Waals surface area contributed by atoms with Crippen LogP contribution in [0.25, 0.3) is 10.9 Å². The van der Waals surface area contributed by atoms with Crippen LogP contribution in [0.15, 0.2) is 43.1 Å². The lowest BCUT2D eigenvalue weighted by Crippen LogP contribution is -2.52. The van der Waals surface area contributed by atoms with Gasteiger partial charge >= 0.3 is 0 Å². The highest BCUT2D eigenvalue weighted by molar-refractivity contribution is 6.11. The van der Waals surface area contributed by atoms with Crippen LogP contribution in [0.5, 0.6) is 0 Å². The zero-order valence-corrected chi connectivity index (χ0v) is 19.6. The van der Waals surface area contributed by atoms with Crippen molar-refractivity contribution in [2.45, 2.75) is 53.5 Å². The van der Waals surface area contributed by atoms with Gasteiger partial charge in [-0.25, -0.2) is 5.48 Å². The highest BCUT2D eigenvalue weighted by Gasteiger charge is 2.39. The number of aromatic amines is 1. The van der Waals surface area contributed by atoms with Crippen LogP contribution in [0.2, 0.25) is 0 Å². The zero-order chi connectivity index (χ0) is 24.1. The fourth-order valence-corrected chi connectivity index (χ4v) is 4.03.